The van der Waals surface area contributed by atoms with E-state index in [-0.39, 0.29) is 17.6 Å². The van der Waals surface area contributed by atoms with E-state index in [9.17, 15) is 14.0 Å². The highest BCUT2D eigenvalue weighted by molar-refractivity contribution is 5.96. The molecule has 0 aromatic heterocycles. The SMILES string of the molecule is COc1ccc(NC(C)=O)cc1N[C@@H](C)C(=O)Nc1ccc(F)cc1. The maximum Gasteiger partial charge on any atom is 0.246 e. The minimum Gasteiger partial charge on any atom is -0.495 e. The average molecular weight is 345 g/mol. The Bertz CT molecular complexity index is 763. The van der Waals surface area contributed by atoms with Crippen molar-refractivity contribution in [1.82, 2.24) is 0 Å². The molecule has 2 aromatic rings. The molecule has 0 aliphatic rings. The van der Waals surface area contributed by atoms with E-state index in [4.69, 9.17) is 4.74 Å². The number of carbonyl (C=O) groups excluding carboxylic acids is 2. The van der Waals surface area contributed by atoms with Gasteiger partial charge in [-0.25, -0.2) is 4.39 Å². The van der Waals surface area contributed by atoms with Crippen LogP contribution in [0.4, 0.5) is 21.5 Å². The number of rotatable bonds is 6. The van der Waals surface area contributed by atoms with Crippen molar-refractivity contribution in [3.63, 3.8) is 0 Å². The fourth-order valence-electron chi connectivity index (χ4n) is 2.18. The summed E-state index contributed by atoms with van der Waals surface area (Å²) < 4.78 is 18.2. The lowest BCUT2D eigenvalue weighted by atomic mass is 10.2. The minimum atomic E-state index is -0.591. The highest BCUT2D eigenvalue weighted by Gasteiger charge is 2.15. The van der Waals surface area contributed by atoms with Gasteiger partial charge in [-0.05, 0) is 49.4 Å². The number of halogens is 1. The monoisotopic (exact) mass is 345 g/mol. The van der Waals surface area contributed by atoms with Crippen molar-refractivity contribution in [2.45, 2.75) is 19.9 Å². The Kier molecular flexibility index (Phi) is 5.94. The number of amides is 2. The Morgan fingerprint density at radius 1 is 1.04 bits per heavy atom. The van der Waals surface area contributed by atoms with Gasteiger partial charge in [0.2, 0.25) is 11.8 Å². The second-order valence-electron chi connectivity index (χ2n) is 5.46. The third kappa shape index (κ3) is 5.20. The summed E-state index contributed by atoms with van der Waals surface area (Å²) in [6, 6.07) is 10.00. The van der Waals surface area contributed by atoms with Crippen LogP contribution in [0.15, 0.2) is 42.5 Å². The lowest BCUT2D eigenvalue weighted by molar-refractivity contribution is -0.116. The predicted octanol–water partition coefficient (Wildman–Crippen LogP) is 3.23. The standard InChI is InChI=1S/C18H20FN3O3/c1-11(18(24)22-14-6-4-13(19)5-7-14)20-16-10-15(21-12(2)23)8-9-17(16)25-3/h4-11,20H,1-3H3,(H,21,23)(H,22,24)/t11-/m0/s1. The van der Waals surface area contributed by atoms with Crippen LogP contribution in [0.5, 0.6) is 5.75 Å². The molecule has 7 heteroatoms. The number of ether oxygens (including phenoxy) is 1. The first-order valence-corrected chi connectivity index (χ1v) is 7.67. The zero-order valence-corrected chi connectivity index (χ0v) is 14.2. The second kappa shape index (κ2) is 8.14. The molecule has 2 aromatic carbocycles. The quantitative estimate of drug-likeness (QED) is 0.751. The lowest BCUT2D eigenvalue weighted by Crippen LogP contribution is -2.32. The largest absolute Gasteiger partial charge is 0.495 e. The van der Waals surface area contributed by atoms with Crippen LogP contribution in [0.2, 0.25) is 0 Å². The Balaban J connectivity index is 2.09. The normalized spacial score (nSPS) is 11.4. The van der Waals surface area contributed by atoms with Gasteiger partial charge in [0.1, 0.15) is 17.6 Å². The maximum absolute atomic E-state index is 12.9. The summed E-state index contributed by atoms with van der Waals surface area (Å²) in [6.07, 6.45) is 0. The van der Waals surface area contributed by atoms with Crippen molar-refractivity contribution in [2.75, 3.05) is 23.1 Å². The van der Waals surface area contributed by atoms with E-state index in [1.165, 1.54) is 38.3 Å². The number of hydrogen-bond donors (Lipinski definition) is 3. The van der Waals surface area contributed by atoms with Gasteiger partial charge < -0.3 is 20.7 Å². The summed E-state index contributed by atoms with van der Waals surface area (Å²) in [5.74, 6) is -0.323. The van der Waals surface area contributed by atoms with E-state index in [1.54, 1.807) is 25.1 Å². The zero-order chi connectivity index (χ0) is 18.4. The highest BCUT2D eigenvalue weighted by atomic mass is 19.1. The van der Waals surface area contributed by atoms with Gasteiger partial charge in [-0.3, -0.25) is 9.59 Å². The molecule has 6 nitrogen and oxygen atoms in total. The number of hydrogen-bond acceptors (Lipinski definition) is 4. The summed E-state index contributed by atoms with van der Waals surface area (Å²) in [5, 5.41) is 8.41. The molecule has 132 valence electrons. The molecule has 0 spiro atoms. The van der Waals surface area contributed by atoms with E-state index in [0.29, 0.717) is 22.8 Å². The molecule has 0 bridgehead atoms. The molecule has 0 saturated heterocycles. The van der Waals surface area contributed by atoms with Gasteiger partial charge in [0.25, 0.3) is 0 Å². The lowest BCUT2D eigenvalue weighted by Gasteiger charge is -2.18. The molecule has 2 rings (SSSR count). The molecule has 0 heterocycles. The van der Waals surface area contributed by atoms with E-state index >= 15 is 0 Å². The first kappa shape index (κ1) is 18.3. The molecule has 2 amide bonds. The van der Waals surface area contributed by atoms with Crippen molar-refractivity contribution >= 4 is 28.9 Å². The van der Waals surface area contributed by atoms with Crippen LogP contribution in [0, 0.1) is 5.82 Å². The van der Waals surface area contributed by atoms with Gasteiger partial charge in [-0.2, -0.15) is 0 Å². The van der Waals surface area contributed by atoms with Crippen molar-refractivity contribution in [1.29, 1.82) is 0 Å². The van der Waals surface area contributed by atoms with Crippen LogP contribution < -0.4 is 20.7 Å². The fraction of sp³-hybridized carbons (Fsp3) is 0.222. The Morgan fingerprint density at radius 2 is 1.68 bits per heavy atom. The Labute approximate surface area is 145 Å². The molecule has 25 heavy (non-hydrogen) atoms. The number of methoxy groups -OCH3 is 1. The van der Waals surface area contributed by atoms with E-state index in [1.807, 2.05) is 0 Å². The van der Waals surface area contributed by atoms with Crippen molar-refractivity contribution in [3.05, 3.63) is 48.3 Å². The summed E-state index contributed by atoms with van der Waals surface area (Å²) in [6.45, 7) is 3.10. The first-order chi connectivity index (χ1) is 11.9. The minimum absolute atomic E-state index is 0.196. The molecule has 0 unspecified atom stereocenters. The molecule has 0 fully saturated rings. The summed E-state index contributed by atoms with van der Waals surface area (Å²) in [7, 11) is 1.52. The van der Waals surface area contributed by atoms with Crippen LogP contribution >= 0.6 is 0 Å². The van der Waals surface area contributed by atoms with Gasteiger partial charge in [0.05, 0.1) is 12.8 Å². The number of carbonyl (C=O) groups is 2. The van der Waals surface area contributed by atoms with E-state index < -0.39 is 6.04 Å². The Morgan fingerprint density at radius 3 is 2.28 bits per heavy atom. The second-order valence-corrected chi connectivity index (χ2v) is 5.46. The molecule has 0 aliphatic carbocycles. The van der Waals surface area contributed by atoms with Crippen LogP contribution in [-0.4, -0.2) is 25.0 Å². The number of benzene rings is 2. The molecular formula is C18H20FN3O3. The van der Waals surface area contributed by atoms with Gasteiger partial charge in [-0.1, -0.05) is 0 Å². The van der Waals surface area contributed by atoms with Crippen molar-refractivity contribution in [3.8, 4) is 5.75 Å². The van der Waals surface area contributed by atoms with Gasteiger partial charge in [0, 0.05) is 18.3 Å². The molecule has 3 N–H and O–H groups in total. The Hall–Kier alpha value is -3.09. The topological polar surface area (TPSA) is 79.5 Å². The highest BCUT2D eigenvalue weighted by Crippen LogP contribution is 2.28. The van der Waals surface area contributed by atoms with Crippen molar-refractivity contribution in [2.24, 2.45) is 0 Å². The third-order valence-corrected chi connectivity index (χ3v) is 3.40. The average Bonchev–Trinajstić information content (AvgIpc) is 2.56. The smallest absolute Gasteiger partial charge is 0.246 e. The molecular weight excluding hydrogens is 325 g/mol. The zero-order valence-electron chi connectivity index (χ0n) is 14.2. The van der Waals surface area contributed by atoms with Crippen molar-refractivity contribution < 1.29 is 18.7 Å². The molecule has 0 aliphatic heterocycles. The van der Waals surface area contributed by atoms with Crippen LogP contribution in [0.25, 0.3) is 0 Å². The summed E-state index contributed by atoms with van der Waals surface area (Å²) >= 11 is 0. The van der Waals surface area contributed by atoms with Crippen LogP contribution in [-0.2, 0) is 9.59 Å². The van der Waals surface area contributed by atoms with Gasteiger partial charge in [0.15, 0.2) is 0 Å². The van der Waals surface area contributed by atoms with E-state index in [0.717, 1.165) is 0 Å². The van der Waals surface area contributed by atoms with Crippen LogP contribution in [0.3, 0.4) is 0 Å². The number of nitrogens with one attached hydrogen (secondary N) is 3. The van der Waals surface area contributed by atoms with Gasteiger partial charge >= 0.3 is 0 Å². The first-order valence-electron chi connectivity index (χ1n) is 7.67. The summed E-state index contributed by atoms with van der Waals surface area (Å²) in [5.41, 5.74) is 1.65. The fourth-order valence-corrected chi connectivity index (χ4v) is 2.18. The number of anilines is 3. The van der Waals surface area contributed by atoms with Gasteiger partial charge in [-0.15, -0.1) is 0 Å². The van der Waals surface area contributed by atoms with E-state index in [2.05, 4.69) is 16.0 Å². The molecule has 1 atom stereocenters. The maximum atomic E-state index is 12.9. The third-order valence-electron chi connectivity index (χ3n) is 3.40. The summed E-state index contributed by atoms with van der Waals surface area (Å²) in [4.78, 5) is 23.5. The molecule has 0 radical (unpaired) electrons. The predicted molar refractivity (Wildman–Crippen MR) is 95.4 cm³/mol. The molecule has 0 saturated carbocycles. The van der Waals surface area contributed by atoms with Crippen LogP contribution in [0.1, 0.15) is 13.8 Å².